The molecule has 60 valence electrons. The van der Waals surface area contributed by atoms with E-state index in [1.54, 1.807) is 12.5 Å². The zero-order valence-electron chi connectivity index (χ0n) is 6.60. The highest BCUT2D eigenvalue weighted by Crippen LogP contribution is 2.14. The number of hydrogen-bond donors (Lipinski definition) is 0. The van der Waals surface area contributed by atoms with Crippen molar-refractivity contribution < 1.29 is 4.74 Å². The third-order valence-corrected chi connectivity index (χ3v) is 1.70. The molecule has 2 heterocycles. The van der Waals surface area contributed by atoms with Crippen LogP contribution in [0, 0.1) is 0 Å². The summed E-state index contributed by atoms with van der Waals surface area (Å²) in [5, 5.41) is 0. The maximum atomic E-state index is 5.04. The molecule has 0 unspecified atom stereocenters. The van der Waals surface area contributed by atoms with Crippen LogP contribution in [0.4, 0.5) is 0 Å². The summed E-state index contributed by atoms with van der Waals surface area (Å²) in [6, 6.07) is 5.88. The topological polar surface area (TPSA) is 22.1 Å². The van der Waals surface area contributed by atoms with E-state index in [9.17, 15) is 0 Å². The molecule has 1 aliphatic heterocycles. The molecule has 2 rings (SSSR count). The van der Waals surface area contributed by atoms with Crippen LogP contribution in [0.5, 0.6) is 0 Å². The monoisotopic (exact) mass is 159 g/mol. The second-order valence-corrected chi connectivity index (χ2v) is 2.51. The summed E-state index contributed by atoms with van der Waals surface area (Å²) in [4.78, 5) is 4.23. The molecule has 0 bridgehead atoms. The van der Waals surface area contributed by atoms with Crippen LogP contribution >= 0.6 is 0 Å². The Bertz CT molecular complexity index is 314. The van der Waals surface area contributed by atoms with Gasteiger partial charge in [-0.1, -0.05) is 6.07 Å². The van der Waals surface area contributed by atoms with Crippen LogP contribution in [0.1, 0.15) is 5.69 Å². The van der Waals surface area contributed by atoms with Crippen molar-refractivity contribution in [1.29, 1.82) is 0 Å². The van der Waals surface area contributed by atoms with Crippen molar-refractivity contribution in [3.8, 4) is 0 Å². The molecule has 0 saturated heterocycles. The Labute approximate surface area is 71.2 Å². The van der Waals surface area contributed by atoms with Gasteiger partial charge in [-0.3, -0.25) is 4.98 Å². The van der Waals surface area contributed by atoms with Gasteiger partial charge < -0.3 is 4.74 Å². The molecular weight excluding hydrogens is 150 g/mol. The minimum atomic E-state index is 0.641. The average molecular weight is 159 g/mol. The van der Waals surface area contributed by atoms with Crippen LogP contribution in [0.2, 0.25) is 0 Å². The SMILES string of the molecule is C1=CC(c2ccccn2)=CCO1. The summed E-state index contributed by atoms with van der Waals surface area (Å²) >= 11 is 0. The molecule has 2 nitrogen and oxygen atoms in total. The number of aromatic nitrogens is 1. The van der Waals surface area contributed by atoms with Crippen LogP contribution in [0.3, 0.4) is 0 Å². The summed E-state index contributed by atoms with van der Waals surface area (Å²) < 4.78 is 5.04. The van der Waals surface area contributed by atoms with Crippen molar-refractivity contribution in [1.82, 2.24) is 4.98 Å². The van der Waals surface area contributed by atoms with E-state index in [-0.39, 0.29) is 0 Å². The van der Waals surface area contributed by atoms with Crippen molar-refractivity contribution in [2.75, 3.05) is 6.61 Å². The molecular formula is C10H9NO. The van der Waals surface area contributed by atoms with E-state index in [1.165, 1.54) is 0 Å². The van der Waals surface area contributed by atoms with Gasteiger partial charge in [-0.25, -0.2) is 0 Å². The number of nitrogens with zero attached hydrogens (tertiary/aromatic N) is 1. The Balaban J connectivity index is 2.31. The largest absolute Gasteiger partial charge is 0.497 e. The first-order chi connectivity index (χ1) is 5.97. The zero-order chi connectivity index (χ0) is 8.23. The standard InChI is InChI=1S/C10H9NO/c1-2-6-11-10(3-1)9-4-7-12-8-5-9/h1-7H,8H2. The first-order valence-electron chi connectivity index (χ1n) is 3.86. The molecule has 12 heavy (non-hydrogen) atoms. The van der Waals surface area contributed by atoms with Crippen LogP contribution in [-0.4, -0.2) is 11.6 Å². The quantitative estimate of drug-likeness (QED) is 0.625. The lowest BCUT2D eigenvalue weighted by atomic mass is 10.1. The van der Waals surface area contributed by atoms with Gasteiger partial charge in [-0.05, 0) is 24.3 Å². The summed E-state index contributed by atoms with van der Waals surface area (Å²) in [5.74, 6) is 0. The highest BCUT2D eigenvalue weighted by atomic mass is 16.5. The van der Waals surface area contributed by atoms with Gasteiger partial charge in [-0.2, -0.15) is 0 Å². The number of rotatable bonds is 1. The normalized spacial score (nSPS) is 15.2. The third kappa shape index (κ3) is 1.37. The highest BCUT2D eigenvalue weighted by Gasteiger charge is 2.00. The fourth-order valence-electron chi connectivity index (χ4n) is 1.11. The predicted octanol–water partition coefficient (Wildman–Crippen LogP) is 2.01. The first-order valence-corrected chi connectivity index (χ1v) is 3.86. The molecule has 0 spiro atoms. The summed E-state index contributed by atoms with van der Waals surface area (Å²) in [7, 11) is 0. The zero-order valence-corrected chi connectivity index (χ0v) is 6.60. The summed E-state index contributed by atoms with van der Waals surface area (Å²) in [5.41, 5.74) is 2.12. The molecule has 1 aromatic heterocycles. The molecule has 0 saturated carbocycles. The van der Waals surface area contributed by atoms with Crippen LogP contribution < -0.4 is 0 Å². The molecule has 0 amide bonds. The second-order valence-electron chi connectivity index (χ2n) is 2.51. The molecule has 0 aliphatic carbocycles. The third-order valence-electron chi connectivity index (χ3n) is 1.70. The van der Waals surface area contributed by atoms with Crippen LogP contribution in [-0.2, 0) is 4.74 Å². The minimum absolute atomic E-state index is 0.641. The van der Waals surface area contributed by atoms with Gasteiger partial charge >= 0.3 is 0 Å². The van der Waals surface area contributed by atoms with Gasteiger partial charge in [0.2, 0.25) is 0 Å². The van der Waals surface area contributed by atoms with E-state index in [4.69, 9.17) is 4.74 Å². The molecule has 2 heteroatoms. The van der Waals surface area contributed by atoms with Crippen molar-refractivity contribution >= 4 is 5.57 Å². The lowest BCUT2D eigenvalue weighted by Gasteiger charge is -2.06. The number of ether oxygens (including phenoxy) is 1. The molecule has 0 aromatic carbocycles. The number of allylic oxidation sites excluding steroid dienone is 2. The van der Waals surface area contributed by atoms with E-state index in [1.807, 2.05) is 30.4 Å². The average Bonchev–Trinajstić information content (AvgIpc) is 2.21. The van der Waals surface area contributed by atoms with Gasteiger partial charge in [0.15, 0.2) is 0 Å². The van der Waals surface area contributed by atoms with E-state index >= 15 is 0 Å². The Kier molecular flexibility index (Phi) is 1.90. The van der Waals surface area contributed by atoms with Crippen molar-refractivity contribution in [3.05, 3.63) is 48.5 Å². The molecule has 0 radical (unpaired) electrons. The lowest BCUT2D eigenvalue weighted by molar-refractivity contribution is 0.287. The van der Waals surface area contributed by atoms with E-state index in [0.717, 1.165) is 11.3 Å². The Morgan fingerprint density at radius 3 is 3.00 bits per heavy atom. The minimum Gasteiger partial charge on any atom is -0.497 e. The maximum Gasteiger partial charge on any atom is 0.106 e. The van der Waals surface area contributed by atoms with Gasteiger partial charge in [0.25, 0.3) is 0 Å². The maximum absolute atomic E-state index is 5.04. The fourth-order valence-corrected chi connectivity index (χ4v) is 1.11. The predicted molar refractivity (Wildman–Crippen MR) is 47.3 cm³/mol. The first kappa shape index (κ1) is 7.10. The lowest BCUT2D eigenvalue weighted by Crippen LogP contribution is -1.93. The van der Waals surface area contributed by atoms with Gasteiger partial charge in [-0.15, -0.1) is 0 Å². The van der Waals surface area contributed by atoms with Gasteiger partial charge in [0.05, 0.1) is 12.0 Å². The van der Waals surface area contributed by atoms with E-state index in [0.29, 0.717) is 6.61 Å². The van der Waals surface area contributed by atoms with Crippen molar-refractivity contribution in [2.45, 2.75) is 0 Å². The second kappa shape index (κ2) is 3.22. The van der Waals surface area contributed by atoms with Crippen molar-refractivity contribution in [2.24, 2.45) is 0 Å². The summed E-state index contributed by atoms with van der Waals surface area (Å²) in [6.07, 6.45) is 7.43. The molecule has 1 aromatic rings. The van der Waals surface area contributed by atoms with E-state index < -0.39 is 0 Å². The van der Waals surface area contributed by atoms with Gasteiger partial charge in [0.1, 0.15) is 6.61 Å². The summed E-state index contributed by atoms with van der Waals surface area (Å²) in [6.45, 7) is 0.641. The molecule has 0 atom stereocenters. The van der Waals surface area contributed by atoms with Gasteiger partial charge in [0, 0.05) is 11.8 Å². The van der Waals surface area contributed by atoms with Crippen LogP contribution in [0.25, 0.3) is 5.57 Å². The molecule has 1 aliphatic rings. The van der Waals surface area contributed by atoms with E-state index in [2.05, 4.69) is 4.98 Å². The highest BCUT2D eigenvalue weighted by molar-refractivity contribution is 5.71. The molecule has 0 fully saturated rings. The van der Waals surface area contributed by atoms with Crippen molar-refractivity contribution in [3.63, 3.8) is 0 Å². The smallest absolute Gasteiger partial charge is 0.106 e. The Hall–Kier alpha value is -1.57. The number of hydrogen-bond acceptors (Lipinski definition) is 2. The molecule has 0 N–H and O–H groups in total. The van der Waals surface area contributed by atoms with Crippen LogP contribution in [0.15, 0.2) is 42.8 Å². The number of pyridine rings is 1. The Morgan fingerprint density at radius 1 is 1.33 bits per heavy atom. The Morgan fingerprint density at radius 2 is 2.33 bits per heavy atom. The fraction of sp³-hybridized carbons (Fsp3) is 0.100.